The molecule has 0 aliphatic carbocycles. The van der Waals surface area contributed by atoms with E-state index in [0.29, 0.717) is 48.9 Å². The molecule has 0 bridgehead atoms. The summed E-state index contributed by atoms with van der Waals surface area (Å²) in [5.74, 6) is 1.15. The van der Waals surface area contributed by atoms with Crippen molar-refractivity contribution in [3.05, 3.63) is 83.7 Å². The van der Waals surface area contributed by atoms with Crippen molar-refractivity contribution in [2.45, 2.75) is 20.0 Å². The van der Waals surface area contributed by atoms with Gasteiger partial charge in [-0.25, -0.2) is 0 Å². The van der Waals surface area contributed by atoms with E-state index in [1.165, 1.54) is 0 Å². The molecule has 0 N–H and O–H groups in total. The van der Waals surface area contributed by atoms with Crippen LogP contribution in [0.3, 0.4) is 0 Å². The number of pyridine rings is 1. The Bertz CT molecular complexity index is 1140. The first-order valence-electron chi connectivity index (χ1n) is 11.5. The molecule has 0 atom stereocenters. The highest BCUT2D eigenvalue weighted by Crippen LogP contribution is 2.30. The zero-order chi connectivity index (χ0) is 23.8. The van der Waals surface area contributed by atoms with E-state index < -0.39 is 0 Å². The number of anilines is 1. The molecule has 4 rings (SSSR count). The number of carbonyl (C=O) groups is 1. The first kappa shape index (κ1) is 23.1. The van der Waals surface area contributed by atoms with Crippen molar-refractivity contribution in [1.29, 1.82) is 5.26 Å². The molecular weight excluding hydrogens is 428 g/mol. The third kappa shape index (κ3) is 5.65. The SMILES string of the molecule is CCOc1cc(C(=O)N2CCCN(c3ccc(C#N)cc3)CC2)ccc1OCc1cccnc1. The predicted octanol–water partition coefficient (Wildman–Crippen LogP) is 4.28. The number of carbonyl (C=O) groups excluding carboxylic acids is 1. The molecule has 1 saturated heterocycles. The molecule has 0 radical (unpaired) electrons. The van der Waals surface area contributed by atoms with Crippen LogP contribution in [-0.4, -0.2) is 48.6 Å². The molecule has 1 aromatic heterocycles. The summed E-state index contributed by atoms with van der Waals surface area (Å²) in [7, 11) is 0. The highest BCUT2D eigenvalue weighted by molar-refractivity contribution is 5.95. The van der Waals surface area contributed by atoms with Gasteiger partial charge in [0.2, 0.25) is 0 Å². The Morgan fingerprint density at radius 2 is 1.88 bits per heavy atom. The molecule has 174 valence electrons. The maximum absolute atomic E-state index is 13.3. The molecule has 1 fully saturated rings. The summed E-state index contributed by atoms with van der Waals surface area (Å²) in [6, 6.07) is 18.9. The van der Waals surface area contributed by atoms with Gasteiger partial charge in [-0.15, -0.1) is 0 Å². The highest BCUT2D eigenvalue weighted by Gasteiger charge is 2.22. The number of nitriles is 1. The molecule has 1 aliphatic heterocycles. The van der Waals surface area contributed by atoms with E-state index in [0.717, 1.165) is 30.8 Å². The smallest absolute Gasteiger partial charge is 0.254 e. The molecule has 7 heteroatoms. The van der Waals surface area contributed by atoms with Crippen molar-refractivity contribution in [3.8, 4) is 17.6 Å². The molecule has 0 unspecified atom stereocenters. The maximum Gasteiger partial charge on any atom is 0.254 e. The van der Waals surface area contributed by atoms with E-state index in [-0.39, 0.29) is 5.91 Å². The van der Waals surface area contributed by atoms with E-state index in [1.54, 1.807) is 30.6 Å². The van der Waals surface area contributed by atoms with Crippen molar-refractivity contribution >= 4 is 11.6 Å². The predicted molar refractivity (Wildman–Crippen MR) is 130 cm³/mol. The van der Waals surface area contributed by atoms with Crippen LogP contribution < -0.4 is 14.4 Å². The van der Waals surface area contributed by atoms with Gasteiger partial charge in [0.25, 0.3) is 5.91 Å². The Labute approximate surface area is 200 Å². The molecule has 2 heterocycles. The van der Waals surface area contributed by atoms with Gasteiger partial charge < -0.3 is 19.3 Å². The molecule has 0 spiro atoms. The van der Waals surface area contributed by atoms with Crippen LogP contribution in [0.4, 0.5) is 5.69 Å². The number of hydrogen-bond donors (Lipinski definition) is 0. The van der Waals surface area contributed by atoms with Gasteiger partial charge in [-0.3, -0.25) is 9.78 Å². The molecule has 7 nitrogen and oxygen atoms in total. The summed E-state index contributed by atoms with van der Waals surface area (Å²) in [5.41, 5.74) is 3.26. The van der Waals surface area contributed by atoms with Gasteiger partial charge in [0.1, 0.15) is 6.61 Å². The molecule has 1 aliphatic rings. The lowest BCUT2D eigenvalue weighted by Crippen LogP contribution is -2.35. The topological polar surface area (TPSA) is 78.7 Å². The zero-order valence-electron chi connectivity index (χ0n) is 19.3. The largest absolute Gasteiger partial charge is 0.490 e. The summed E-state index contributed by atoms with van der Waals surface area (Å²) >= 11 is 0. The van der Waals surface area contributed by atoms with Crippen LogP contribution in [-0.2, 0) is 6.61 Å². The lowest BCUT2D eigenvalue weighted by Gasteiger charge is -2.24. The fourth-order valence-electron chi connectivity index (χ4n) is 3.98. The minimum Gasteiger partial charge on any atom is -0.490 e. The van der Waals surface area contributed by atoms with Crippen LogP contribution in [0.25, 0.3) is 0 Å². The molecule has 3 aromatic rings. The van der Waals surface area contributed by atoms with Crippen LogP contribution in [0, 0.1) is 11.3 Å². The average molecular weight is 457 g/mol. The summed E-state index contributed by atoms with van der Waals surface area (Å²) in [6.07, 6.45) is 4.36. The number of amides is 1. The van der Waals surface area contributed by atoms with Crippen LogP contribution in [0.15, 0.2) is 67.0 Å². The normalized spacial score (nSPS) is 13.6. The summed E-state index contributed by atoms with van der Waals surface area (Å²) in [6.45, 7) is 5.68. The number of benzene rings is 2. The van der Waals surface area contributed by atoms with E-state index in [4.69, 9.17) is 14.7 Å². The van der Waals surface area contributed by atoms with Crippen molar-refractivity contribution in [3.63, 3.8) is 0 Å². The lowest BCUT2D eigenvalue weighted by molar-refractivity contribution is 0.0766. The number of ether oxygens (including phenoxy) is 2. The Morgan fingerprint density at radius 1 is 1.03 bits per heavy atom. The number of nitrogens with zero attached hydrogens (tertiary/aromatic N) is 4. The second kappa shape index (κ2) is 11.2. The second-order valence-electron chi connectivity index (χ2n) is 8.04. The molecule has 34 heavy (non-hydrogen) atoms. The fraction of sp³-hybridized carbons (Fsp3) is 0.296. The van der Waals surface area contributed by atoms with Crippen molar-refractivity contribution < 1.29 is 14.3 Å². The van der Waals surface area contributed by atoms with Crippen LogP contribution in [0.5, 0.6) is 11.5 Å². The number of aromatic nitrogens is 1. The third-order valence-corrected chi connectivity index (χ3v) is 5.75. The van der Waals surface area contributed by atoms with Crippen molar-refractivity contribution in [2.24, 2.45) is 0 Å². The van der Waals surface area contributed by atoms with Gasteiger partial charge in [0, 0.05) is 55.4 Å². The molecule has 2 aromatic carbocycles. The maximum atomic E-state index is 13.3. The van der Waals surface area contributed by atoms with E-state index in [2.05, 4.69) is 16.0 Å². The van der Waals surface area contributed by atoms with Crippen LogP contribution in [0.1, 0.15) is 34.8 Å². The monoisotopic (exact) mass is 456 g/mol. The Balaban J connectivity index is 1.43. The van der Waals surface area contributed by atoms with Gasteiger partial charge >= 0.3 is 0 Å². The molecular formula is C27H28N4O3. The minimum absolute atomic E-state index is 0.0126. The van der Waals surface area contributed by atoms with Gasteiger partial charge in [0.15, 0.2) is 11.5 Å². The summed E-state index contributed by atoms with van der Waals surface area (Å²) < 4.78 is 11.7. The van der Waals surface area contributed by atoms with Gasteiger partial charge in [-0.05, 0) is 61.9 Å². The fourth-order valence-corrected chi connectivity index (χ4v) is 3.98. The second-order valence-corrected chi connectivity index (χ2v) is 8.04. The first-order valence-corrected chi connectivity index (χ1v) is 11.5. The average Bonchev–Trinajstić information content (AvgIpc) is 3.15. The third-order valence-electron chi connectivity index (χ3n) is 5.75. The zero-order valence-corrected chi connectivity index (χ0v) is 19.3. The van der Waals surface area contributed by atoms with Gasteiger partial charge in [-0.1, -0.05) is 6.07 Å². The van der Waals surface area contributed by atoms with E-state index in [1.807, 2.05) is 48.2 Å². The standard InChI is InChI=1S/C27H28N4O3/c1-2-33-26-17-23(8-11-25(26)34-20-22-5-3-12-29-19-22)27(32)31-14-4-13-30(15-16-31)24-9-6-21(18-28)7-10-24/h3,5-12,17,19H,2,4,13-16,20H2,1H3. The van der Waals surface area contributed by atoms with Crippen LogP contribution in [0.2, 0.25) is 0 Å². The highest BCUT2D eigenvalue weighted by atomic mass is 16.5. The summed E-state index contributed by atoms with van der Waals surface area (Å²) in [5, 5.41) is 9.01. The van der Waals surface area contributed by atoms with Crippen molar-refractivity contribution in [2.75, 3.05) is 37.7 Å². The number of rotatable bonds is 7. The van der Waals surface area contributed by atoms with Gasteiger partial charge in [-0.2, -0.15) is 5.26 Å². The molecule has 0 saturated carbocycles. The minimum atomic E-state index is -0.0126. The first-order chi connectivity index (χ1) is 16.7. The van der Waals surface area contributed by atoms with Crippen LogP contribution >= 0.6 is 0 Å². The van der Waals surface area contributed by atoms with E-state index >= 15 is 0 Å². The lowest BCUT2D eigenvalue weighted by atomic mass is 10.1. The Morgan fingerprint density at radius 3 is 2.62 bits per heavy atom. The number of hydrogen-bond acceptors (Lipinski definition) is 6. The summed E-state index contributed by atoms with van der Waals surface area (Å²) in [4.78, 5) is 21.6. The Hall–Kier alpha value is -4.05. The van der Waals surface area contributed by atoms with E-state index in [9.17, 15) is 4.79 Å². The quantitative estimate of drug-likeness (QED) is 0.528. The Kier molecular flexibility index (Phi) is 7.61. The van der Waals surface area contributed by atoms with Crippen molar-refractivity contribution in [1.82, 2.24) is 9.88 Å². The molecule has 1 amide bonds. The van der Waals surface area contributed by atoms with Gasteiger partial charge in [0.05, 0.1) is 18.2 Å².